The molecule has 3 rings (SSSR count). The van der Waals surface area contributed by atoms with Gasteiger partial charge in [0.15, 0.2) is 18.2 Å². The Kier molecular flexibility index (Phi) is 13.6. The van der Waals surface area contributed by atoms with Gasteiger partial charge in [-0.05, 0) is 100 Å². The lowest BCUT2D eigenvalue weighted by molar-refractivity contribution is -0.153. The number of hydrogen-bond acceptors (Lipinski definition) is 7. The molecule has 7 nitrogen and oxygen atoms in total. The second kappa shape index (κ2) is 16.0. The van der Waals surface area contributed by atoms with Crippen molar-refractivity contribution >= 4 is 24.1 Å². The molecule has 0 amide bonds. The van der Waals surface area contributed by atoms with Crippen molar-refractivity contribution in [2.45, 2.75) is 142 Å². The molecule has 0 spiro atoms. The molecular weight excluding hydrogens is 629 g/mol. The maximum absolute atomic E-state index is 13.7. The first-order valence-corrected chi connectivity index (χ1v) is 22.3. The first kappa shape index (κ1) is 39.9. The molecule has 0 aliphatic carbocycles. The highest BCUT2D eigenvalue weighted by Gasteiger charge is 2.46. The van der Waals surface area contributed by atoms with E-state index in [1.165, 1.54) is 0 Å². The highest BCUT2D eigenvalue weighted by atomic mass is 32.2. The van der Waals surface area contributed by atoms with Crippen molar-refractivity contribution in [2.24, 2.45) is 29.1 Å². The summed E-state index contributed by atoms with van der Waals surface area (Å²) in [7, 11) is -5.40. The van der Waals surface area contributed by atoms with Crippen LogP contribution >= 0.6 is 0 Å². The molecule has 1 aromatic carbocycles. The monoisotopic (exact) mass is 692 g/mol. The van der Waals surface area contributed by atoms with E-state index in [0.717, 1.165) is 31.3 Å². The van der Waals surface area contributed by atoms with E-state index in [1.54, 1.807) is 24.3 Å². The standard InChI is InChI=1S/C38H64O7SSi/c1-26(24-43-47(11,12)38(8,9)10)21-33-29(4)32(25-46(40,41)31-18-14-13-15-19-31)35(45-33)23-34-28(3)27(2)22-30(44-34)17-16-20-42-36(39)37(5,6)7/h13-15,18-19,26-27,29-30,32-35H,3,16-17,20-25H2,1-2,4-12H3/t26-,27+,29+,30-,32+,33+,34?,35-/m0/s1. The summed E-state index contributed by atoms with van der Waals surface area (Å²) >= 11 is 0. The fraction of sp³-hybridized carbons (Fsp3) is 0.763. The SMILES string of the molecule is C=C1C(C[C@@H]2O[C@H](C[C@H](C)CO[Si](C)(C)C(C)(C)C)[C@H](C)[C@H]2CS(=O)(=O)c2ccccc2)O[C@@H](CCCOC(=O)C(C)(C)C)C[C@H]1C. The van der Waals surface area contributed by atoms with E-state index in [2.05, 4.69) is 61.2 Å². The van der Waals surface area contributed by atoms with Crippen molar-refractivity contribution in [1.29, 1.82) is 0 Å². The van der Waals surface area contributed by atoms with Gasteiger partial charge in [0.2, 0.25) is 0 Å². The predicted octanol–water partition coefficient (Wildman–Crippen LogP) is 8.64. The zero-order chi connectivity index (χ0) is 35.4. The van der Waals surface area contributed by atoms with Gasteiger partial charge >= 0.3 is 5.97 Å². The number of ether oxygens (including phenoxy) is 3. The van der Waals surface area contributed by atoms with Gasteiger partial charge in [0.05, 0.1) is 47.1 Å². The summed E-state index contributed by atoms with van der Waals surface area (Å²) in [6.07, 6.45) is 3.21. The van der Waals surface area contributed by atoms with E-state index in [0.29, 0.717) is 24.5 Å². The van der Waals surface area contributed by atoms with Crippen LogP contribution in [0.2, 0.25) is 18.1 Å². The molecule has 2 saturated heterocycles. The van der Waals surface area contributed by atoms with Crippen LogP contribution < -0.4 is 0 Å². The molecular formula is C38H64O7SSi. The normalized spacial score (nSPS) is 28.3. The maximum atomic E-state index is 13.7. The van der Waals surface area contributed by atoms with Crippen LogP contribution in [0.3, 0.4) is 0 Å². The van der Waals surface area contributed by atoms with E-state index >= 15 is 0 Å². The van der Waals surface area contributed by atoms with Gasteiger partial charge in [-0.1, -0.05) is 66.3 Å². The van der Waals surface area contributed by atoms with Crippen molar-refractivity contribution in [3.05, 3.63) is 42.5 Å². The molecule has 2 fully saturated rings. The van der Waals surface area contributed by atoms with E-state index < -0.39 is 23.6 Å². The number of carbonyl (C=O) groups is 1. The summed E-state index contributed by atoms with van der Waals surface area (Å²) < 4.78 is 52.9. The third-order valence-electron chi connectivity index (χ3n) is 10.8. The molecule has 0 bridgehead atoms. The number of carbonyl (C=O) groups excluding carboxylic acids is 1. The van der Waals surface area contributed by atoms with Gasteiger partial charge < -0.3 is 18.6 Å². The minimum atomic E-state index is -3.52. The summed E-state index contributed by atoms with van der Waals surface area (Å²) in [5.41, 5.74) is 0.524. The molecule has 8 atom stereocenters. The number of benzene rings is 1. The Morgan fingerprint density at radius 3 is 2.28 bits per heavy atom. The van der Waals surface area contributed by atoms with Crippen LogP contribution in [0.4, 0.5) is 0 Å². The van der Waals surface area contributed by atoms with Crippen LogP contribution in [0, 0.1) is 29.1 Å². The Morgan fingerprint density at radius 1 is 1.04 bits per heavy atom. The molecule has 1 unspecified atom stereocenters. The second-order valence-corrected chi connectivity index (χ2v) is 23.8. The van der Waals surface area contributed by atoms with E-state index in [1.807, 2.05) is 26.8 Å². The van der Waals surface area contributed by atoms with E-state index in [-0.39, 0.29) is 64.8 Å². The van der Waals surface area contributed by atoms with Crippen LogP contribution in [0.15, 0.2) is 47.4 Å². The summed E-state index contributed by atoms with van der Waals surface area (Å²) in [5, 5.41) is 0.139. The Labute approximate surface area is 287 Å². The minimum absolute atomic E-state index is 0.0162. The Bertz CT molecular complexity index is 1280. The van der Waals surface area contributed by atoms with Gasteiger partial charge in [-0.2, -0.15) is 0 Å². The highest BCUT2D eigenvalue weighted by Crippen LogP contribution is 2.43. The van der Waals surface area contributed by atoms with Crippen LogP contribution in [0.1, 0.15) is 94.4 Å². The smallest absolute Gasteiger partial charge is 0.311 e. The number of sulfone groups is 1. The van der Waals surface area contributed by atoms with Crippen LogP contribution in [0.25, 0.3) is 0 Å². The van der Waals surface area contributed by atoms with Crippen LogP contribution in [-0.4, -0.2) is 66.1 Å². The molecule has 2 heterocycles. The molecule has 0 saturated carbocycles. The van der Waals surface area contributed by atoms with Crippen molar-refractivity contribution in [3.63, 3.8) is 0 Å². The Balaban J connectivity index is 1.73. The molecule has 2 aliphatic rings. The third-order valence-corrected chi connectivity index (χ3v) is 17.1. The van der Waals surface area contributed by atoms with Gasteiger partial charge in [-0.3, -0.25) is 4.79 Å². The summed E-state index contributed by atoms with van der Waals surface area (Å²) in [6, 6.07) is 8.75. The van der Waals surface area contributed by atoms with Crippen LogP contribution in [-0.2, 0) is 33.3 Å². The largest absolute Gasteiger partial charge is 0.465 e. The van der Waals surface area contributed by atoms with Crippen LogP contribution in [0.5, 0.6) is 0 Å². The lowest BCUT2D eigenvalue weighted by Crippen LogP contribution is -2.42. The average Bonchev–Trinajstić information content (AvgIpc) is 3.24. The topological polar surface area (TPSA) is 88.1 Å². The van der Waals surface area contributed by atoms with Crippen molar-refractivity contribution in [2.75, 3.05) is 19.0 Å². The average molecular weight is 693 g/mol. The first-order chi connectivity index (χ1) is 21.6. The van der Waals surface area contributed by atoms with E-state index in [4.69, 9.17) is 18.6 Å². The molecule has 0 N–H and O–H groups in total. The summed E-state index contributed by atoms with van der Waals surface area (Å²) in [4.78, 5) is 12.5. The van der Waals surface area contributed by atoms with Gasteiger partial charge in [0.1, 0.15) is 0 Å². The van der Waals surface area contributed by atoms with Crippen molar-refractivity contribution in [3.8, 4) is 0 Å². The highest BCUT2D eigenvalue weighted by molar-refractivity contribution is 7.91. The summed E-state index contributed by atoms with van der Waals surface area (Å²) in [6.45, 7) is 28.9. The molecule has 1 aromatic rings. The minimum Gasteiger partial charge on any atom is -0.465 e. The summed E-state index contributed by atoms with van der Waals surface area (Å²) in [5.74, 6) is 0.259. The fourth-order valence-electron chi connectivity index (χ4n) is 6.37. The second-order valence-electron chi connectivity index (χ2n) is 17.0. The molecule has 0 radical (unpaired) electrons. The molecule has 2 aliphatic heterocycles. The number of rotatable bonds is 14. The Morgan fingerprint density at radius 2 is 1.68 bits per heavy atom. The molecule has 268 valence electrons. The molecule has 0 aromatic heterocycles. The third kappa shape index (κ3) is 11.0. The van der Waals surface area contributed by atoms with Gasteiger partial charge in [0, 0.05) is 18.9 Å². The lowest BCUT2D eigenvalue weighted by atomic mass is 9.82. The zero-order valence-corrected chi connectivity index (χ0v) is 33.0. The van der Waals surface area contributed by atoms with E-state index in [9.17, 15) is 13.2 Å². The number of esters is 1. The number of hydrogen-bond donors (Lipinski definition) is 0. The molecule has 47 heavy (non-hydrogen) atoms. The lowest BCUT2D eigenvalue weighted by Gasteiger charge is -2.38. The quantitative estimate of drug-likeness (QED) is 0.0835. The maximum Gasteiger partial charge on any atom is 0.311 e. The first-order valence-electron chi connectivity index (χ1n) is 17.7. The predicted molar refractivity (Wildman–Crippen MR) is 193 cm³/mol. The van der Waals surface area contributed by atoms with Gasteiger partial charge in [-0.15, -0.1) is 0 Å². The molecule has 9 heteroatoms. The fourth-order valence-corrected chi connectivity index (χ4v) is 9.29. The Hall–Kier alpha value is -1.52. The van der Waals surface area contributed by atoms with Gasteiger partial charge in [0.25, 0.3) is 0 Å². The zero-order valence-electron chi connectivity index (χ0n) is 31.1. The van der Waals surface area contributed by atoms with Gasteiger partial charge in [-0.25, -0.2) is 8.42 Å². The van der Waals surface area contributed by atoms with Crippen molar-refractivity contribution in [1.82, 2.24) is 0 Å². The van der Waals surface area contributed by atoms with Crippen molar-refractivity contribution < 1.29 is 31.8 Å².